The number of nitrogens with one attached hydrogen (secondary N) is 1. The zero-order valence-corrected chi connectivity index (χ0v) is 14.1. The predicted molar refractivity (Wildman–Crippen MR) is 91.3 cm³/mol. The number of rotatable bonds is 7. The maximum absolute atomic E-state index is 3.80. The van der Waals surface area contributed by atoms with Crippen molar-refractivity contribution in [1.29, 1.82) is 0 Å². The lowest BCUT2D eigenvalue weighted by atomic mass is 9.87. The van der Waals surface area contributed by atoms with E-state index < -0.39 is 0 Å². The molecule has 0 radical (unpaired) electrons. The molecule has 1 fully saturated rings. The summed E-state index contributed by atoms with van der Waals surface area (Å²) in [6, 6.07) is 9.64. The first-order valence-corrected chi connectivity index (χ1v) is 8.75. The van der Waals surface area contributed by atoms with Gasteiger partial charge in [-0.05, 0) is 43.0 Å². The normalized spacial score (nSPS) is 22.7. The molecule has 2 heteroatoms. The van der Waals surface area contributed by atoms with Gasteiger partial charge in [0.1, 0.15) is 0 Å². The highest BCUT2D eigenvalue weighted by Gasteiger charge is 2.18. The Bertz CT molecular complexity index is 412. The van der Waals surface area contributed by atoms with Gasteiger partial charge in [-0.25, -0.2) is 0 Å². The molecule has 1 N–H and O–H groups in total. The second-order valence-corrected chi connectivity index (χ2v) is 6.58. The van der Waals surface area contributed by atoms with Crippen molar-refractivity contribution in [1.82, 2.24) is 10.2 Å². The monoisotopic (exact) mass is 288 g/mol. The Hall–Kier alpha value is -0.860. The molecule has 1 aromatic rings. The largest absolute Gasteiger partial charge is 0.310 e. The minimum absolute atomic E-state index is 0.718. The molecule has 2 rings (SSSR count). The van der Waals surface area contributed by atoms with E-state index in [4.69, 9.17) is 0 Å². The summed E-state index contributed by atoms with van der Waals surface area (Å²) in [6.45, 7) is 11.2. The first-order chi connectivity index (χ1) is 10.2. The molecule has 2 unspecified atom stereocenters. The molecule has 1 aromatic carbocycles. The van der Waals surface area contributed by atoms with Gasteiger partial charge in [0, 0.05) is 19.1 Å². The molecule has 0 bridgehead atoms. The van der Waals surface area contributed by atoms with Gasteiger partial charge >= 0.3 is 0 Å². The molecule has 0 heterocycles. The molecule has 1 saturated carbocycles. The molecule has 21 heavy (non-hydrogen) atoms. The van der Waals surface area contributed by atoms with E-state index in [1.165, 1.54) is 36.8 Å². The van der Waals surface area contributed by atoms with Crippen LogP contribution in [0.2, 0.25) is 0 Å². The van der Waals surface area contributed by atoms with E-state index in [1.54, 1.807) is 0 Å². The lowest BCUT2D eigenvalue weighted by Gasteiger charge is -2.28. The van der Waals surface area contributed by atoms with Crippen molar-refractivity contribution in [2.45, 2.75) is 65.6 Å². The van der Waals surface area contributed by atoms with Gasteiger partial charge in [0.25, 0.3) is 0 Å². The van der Waals surface area contributed by atoms with Crippen molar-refractivity contribution in [2.75, 3.05) is 13.1 Å². The Morgan fingerprint density at radius 3 is 2.48 bits per heavy atom. The molecule has 118 valence electrons. The van der Waals surface area contributed by atoms with Crippen LogP contribution in [0.1, 0.15) is 57.6 Å². The molecule has 0 aromatic heterocycles. The highest BCUT2D eigenvalue weighted by molar-refractivity contribution is 5.27. The smallest absolute Gasteiger partial charge is 0.0236 e. The molecule has 1 aliphatic rings. The Morgan fingerprint density at radius 1 is 1.10 bits per heavy atom. The minimum atomic E-state index is 0.718. The molecule has 0 amide bonds. The third-order valence-electron chi connectivity index (χ3n) is 4.92. The number of hydrogen-bond donors (Lipinski definition) is 1. The lowest BCUT2D eigenvalue weighted by Crippen LogP contribution is -2.33. The Kier molecular flexibility index (Phi) is 6.72. The summed E-state index contributed by atoms with van der Waals surface area (Å²) in [7, 11) is 0. The van der Waals surface area contributed by atoms with Crippen molar-refractivity contribution < 1.29 is 0 Å². The van der Waals surface area contributed by atoms with E-state index in [9.17, 15) is 0 Å². The second-order valence-electron chi connectivity index (χ2n) is 6.58. The second kappa shape index (κ2) is 8.55. The molecule has 0 spiro atoms. The summed E-state index contributed by atoms with van der Waals surface area (Å²) in [5.74, 6) is 0.891. The Labute approximate surface area is 130 Å². The van der Waals surface area contributed by atoms with E-state index >= 15 is 0 Å². The molecule has 2 nitrogen and oxygen atoms in total. The van der Waals surface area contributed by atoms with Gasteiger partial charge in [-0.15, -0.1) is 0 Å². The maximum Gasteiger partial charge on any atom is 0.0236 e. The average Bonchev–Trinajstić information content (AvgIpc) is 2.51. The van der Waals surface area contributed by atoms with Crippen LogP contribution < -0.4 is 5.32 Å². The molecule has 2 atom stereocenters. The van der Waals surface area contributed by atoms with E-state index in [2.05, 4.69) is 55.3 Å². The maximum atomic E-state index is 3.80. The van der Waals surface area contributed by atoms with Crippen molar-refractivity contribution in [2.24, 2.45) is 5.92 Å². The van der Waals surface area contributed by atoms with Crippen molar-refractivity contribution in [3.8, 4) is 0 Å². The quantitative estimate of drug-likeness (QED) is 0.809. The van der Waals surface area contributed by atoms with Gasteiger partial charge in [0.2, 0.25) is 0 Å². The van der Waals surface area contributed by atoms with Crippen molar-refractivity contribution in [3.63, 3.8) is 0 Å². The summed E-state index contributed by atoms with van der Waals surface area (Å²) in [4.78, 5) is 2.49. The fourth-order valence-corrected chi connectivity index (χ4v) is 3.45. The van der Waals surface area contributed by atoms with Crippen LogP contribution in [0.3, 0.4) is 0 Å². The predicted octanol–water partition coefficient (Wildman–Crippen LogP) is 4.20. The minimum Gasteiger partial charge on any atom is -0.310 e. The average molecular weight is 288 g/mol. The molecule has 1 aliphatic carbocycles. The van der Waals surface area contributed by atoms with Crippen LogP contribution in [0, 0.1) is 5.92 Å². The highest BCUT2D eigenvalue weighted by Crippen LogP contribution is 2.24. The van der Waals surface area contributed by atoms with Crippen LogP contribution in [0.25, 0.3) is 0 Å². The summed E-state index contributed by atoms with van der Waals surface area (Å²) in [6.07, 6.45) is 5.50. The van der Waals surface area contributed by atoms with Gasteiger partial charge < -0.3 is 5.32 Å². The fraction of sp³-hybridized carbons (Fsp3) is 0.684. The van der Waals surface area contributed by atoms with Gasteiger partial charge in [-0.2, -0.15) is 0 Å². The lowest BCUT2D eigenvalue weighted by molar-refractivity contribution is 0.290. The third kappa shape index (κ3) is 5.12. The molecule has 0 saturated heterocycles. The topological polar surface area (TPSA) is 15.3 Å². The molecule has 0 aliphatic heterocycles. The van der Waals surface area contributed by atoms with Crippen LogP contribution in [0.15, 0.2) is 24.3 Å². The Balaban J connectivity index is 1.93. The summed E-state index contributed by atoms with van der Waals surface area (Å²) in [5, 5.41) is 3.80. The summed E-state index contributed by atoms with van der Waals surface area (Å²) in [5.41, 5.74) is 2.96. The number of nitrogens with zero attached hydrogens (tertiary/aromatic N) is 1. The molecular weight excluding hydrogens is 256 g/mol. The van der Waals surface area contributed by atoms with Gasteiger partial charge in [-0.1, -0.05) is 57.9 Å². The van der Waals surface area contributed by atoms with Crippen LogP contribution in [-0.4, -0.2) is 24.0 Å². The fourth-order valence-electron chi connectivity index (χ4n) is 3.45. The first kappa shape index (κ1) is 16.5. The van der Waals surface area contributed by atoms with E-state index in [1.807, 2.05) is 0 Å². The zero-order valence-electron chi connectivity index (χ0n) is 14.1. The van der Waals surface area contributed by atoms with E-state index in [0.717, 1.165) is 38.1 Å². The Morgan fingerprint density at radius 2 is 1.81 bits per heavy atom. The van der Waals surface area contributed by atoms with Gasteiger partial charge in [0.15, 0.2) is 0 Å². The van der Waals surface area contributed by atoms with E-state index in [0.29, 0.717) is 0 Å². The zero-order chi connectivity index (χ0) is 15.1. The van der Waals surface area contributed by atoms with Gasteiger partial charge in [0.05, 0.1) is 0 Å². The van der Waals surface area contributed by atoms with Gasteiger partial charge in [-0.3, -0.25) is 4.90 Å². The number of benzene rings is 1. The van der Waals surface area contributed by atoms with Crippen LogP contribution in [0.5, 0.6) is 0 Å². The standard InChI is InChI=1S/C19H32N2/c1-4-21(5-2)15-18-11-7-6-10-17(18)14-20-19-12-8-9-16(3)13-19/h6-7,10-11,16,19-20H,4-5,8-9,12-15H2,1-3H3. The van der Waals surface area contributed by atoms with Crippen LogP contribution in [-0.2, 0) is 13.1 Å². The summed E-state index contributed by atoms with van der Waals surface area (Å²) >= 11 is 0. The number of hydrogen-bond acceptors (Lipinski definition) is 2. The SMILES string of the molecule is CCN(CC)Cc1ccccc1CNC1CCCC(C)C1. The van der Waals surface area contributed by atoms with Crippen molar-refractivity contribution in [3.05, 3.63) is 35.4 Å². The highest BCUT2D eigenvalue weighted by atomic mass is 15.1. The summed E-state index contributed by atoms with van der Waals surface area (Å²) < 4.78 is 0. The molecular formula is C19H32N2. The van der Waals surface area contributed by atoms with Crippen LogP contribution in [0.4, 0.5) is 0 Å². The van der Waals surface area contributed by atoms with Crippen molar-refractivity contribution >= 4 is 0 Å². The third-order valence-corrected chi connectivity index (χ3v) is 4.92. The van der Waals surface area contributed by atoms with Crippen LogP contribution >= 0.6 is 0 Å². The van der Waals surface area contributed by atoms with E-state index in [-0.39, 0.29) is 0 Å². The first-order valence-electron chi connectivity index (χ1n) is 8.75.